The molecule has 1 aromatic heterocycles. The summed E-state index contributed by atoms with van der Waals surface area (Å²) in [7, 11) is 0. The van der Waals surface area contributed by atoms with Crippen LogP contribution in [0.15, 0.2) is 34.9 Å². The summed E-state index contributed by atoms with van der Waals surface area (Å²) in [5.41, 5.74) is 6.40. The minimum Gasteiger partial charge on any atom is -0.448 e. The fraction of sp³-hybridized carbons (Fsp3) is 0.286. The lowest BCUT2D eigenvalue weighted by Gasteiger charge is -2.13. The van der Waals surface area contributed by atoms with Crippen molar-refractivity contribution in [3.63, 3.8) is 0 Å². The van der Waals surface area contributed by atoms with E-state index in [1.54, 1.807) is 12.1 Å². The van der Waals surface area contributed by atoms with Crippen molar-refractivity contribution in [3.8, 4) is 0 Å². The van der Waals surface area contributed by atoms with E-state index in [9.17, 15) is 9.18 Å². The van der Waals surface area contributed by atoms with E-state index in [2.05, 4.69) is 10.3 Å². The Bertz CT molecular complexity index is 580. The van der Waals surface area contributed by atoms with Gasteiger partial charge in [0, 0.05) is 13.0 Å². The first-order valence-corrected chi connectivity index (χ1v) is 6.31. The largest absolute Gasteiger partial charge is 0.448 e. The number of benzene rings is 1. The van der Waals surface area contributed by atoms with Gasteiger partial charge in [-0.2, -0.15) is 0 Å². The number of nitrogens with zero attached hydrogens (tertiary/aromatic N) is 1. The third-order valence-corrected chi connectivity index (χ3v) is 2.86. The summed E-state index contributed by atoms with van der Waals surface area (Å²) < 4.78 is 18.0. The number of oxazole rings is 1. The molecule has 1 amide bonds. The van der Waals surface area contributed by atoms with Crippen LogP contribution in [-0.2, 0) is 6.42 Å². The molecule has 1 atom stereocenters. The summed E-state index contributed by atoms with van der Waals surface area (Å²) in [6.45, 7) is 2.22. The van der Waals surface area contributed by atoms with Crippen LogP contribution in [0.3, 0.4) is 0 Å². The standard InChI is InChI=1S/C14H16FN3O2/c1-9(10-2-4-11(15)5-3-10)17-14(19)12-8-20-13(18-12)6-7-16/h2-5,8-9H,6-7,16H2,1H3,(H,17,19). The van der Waals surface area contributed by atoms with E-state index < -0.39 is 0 Å². The smallest absolute Gasteiger partial charge is 0.273 e. The van der Waals surface area contributed by atoms with Gasteiger partial charge in [-0.05, 0) is 24.6 Å². The molecule has 2 aromatic rings. The molecule has 0 aliphatic heterocycles. The molecule has 0 aliphatic rings. The molecule has 1 heterocycles. The molecular weight excluding hydrogens is 261 g/mol. The van der Waals surface area contributed by atoms with Crippen LogP contribution >= 0.6 is 0 Å². The number of amides is 1. The molecule has 106 valence electrons. The number of hydrogen-bond acceptors (Lipinski definition) is 4. The van der Waals surface area contributed by atoms with Crippen molar-refractivity contribution < 1.29 is 13.6 Å². The van der Waals surface area contributed by atoms with Crippen molar-refractivity contribution in [1.82, 2.24) is 10.3 Å². The Labute approximate surface area is 116 Å². The summed E-state index contributed by atoms with van der Waals surface area (Å²) in [4.78, 5) is 16.0. The Hall–Kier alpha value is -2.21. The zero-order chi connectivity index (χ0) is 14.5. The summed E-state index contributed by atoms with van der Waals surface area (Å²) in [5, 5.41) is 2.77. The molecule has 0 saturated carbocycles. The Morgan fingerprint density at radius 1 is 1.45 bits per heavy atom. The van der Waals surface area contributed by atoms with Gasteiger partial charge in [-0.1, -0.05) is 12.1 Å². The van der Waals surface area contributed by atoms with E-state index in [0.717, 1.165) is 5.56 Å². The van der Waals surface area contributed by atoms with Gasteiger partial charge in [0.15, 0.2) is 11.6 Å². The van der Waals surface area contributed by atoms with Crippen molar-refractivity contribution >= 4 is 5.91 Å². The van der Waals surface area contributed by atoms with Crippen LogP contribution in [0.2, 0.25) is 0 Å². The fourth-order valence-electron chi connectivity index (χ4n) is 1.76. The molecule has 0 aliphatic carbocycles. The summed E-state index contributed by atoms with van der Waals surface area (Å²) in [6.07, 6.45) is 1.79. The van der Waals surface area contributed by atoms with Crippen molar-refractivity contribution in [3.05, 3.63) is 53.5 Å². The van der Waals surface area contributed by atoms with Gasteiger partial charge in [-0.25, -0.2) is 9.37 Å². The van der Waals surface area contributed by atoms with Gasteiger partial charge in [-0.15, -0.1) is 0 Å². The highest BCUT2D eigenvalue weighted by molar-refractivity contribution is 5.92. The minimum absolute atomic E-state index is 0.211. The SMILES string of the molecule is CC(NC(=O)c1coc(CCN)n1)c1ccc(F)cc1. The van der Waals surface area contributed by atoms with Gasteiger partial charge >= 0.3 is 0 Å². The molecule has 2 rings (SSSR count). The van der Waals surface area contributed by atoms with E-state index in [0.29, 0.717) is 18.9 Å². The van der Waals surface area contributed by atoms with E-state index in [1.807, 2.05) is 6.92 Å². The third-order valence-electron chi connectivity index (χ3n) is 2.86. The number of hydrogen-bond donors (Lipinski definition) is 2. The van der Waals surface area contributed by atoms with Crippen molar-refractivity contribution in [2.45, 2.75) is 19.4 Å². The van der Waals surface area contributed by atoms with E-state index in [-0.39, 0.29) is 23.5 Å². The van der Waals surface area contributed by atoms with Gasteiger partial charge in [0.25, 0.3) is 5.91 Å². The molecule has 3 N–H and O–H groups in total. The van der Waals surface area contributed by atoms with Gasteiger partial charge in [-0.3, -0.25) is 4.79 Å². The van der Waals surface area contributed by atoms with Gasteiger partial charge in [0.2, 0.25) is 0 Å². The topological polar surface area (TPSA) is 81.2 Å². The molecule has 0 saturated heterocycles. The number of rotatable bonds is 5. The molecule has 0 bridgehead atoms. The first-order chi connectivity index (χ1) is 9.60. The van der Waals surface area contributed by atoms with Crippen molar-refractivity contribution in [2.24, 2.45) is 5.73 Å². The summed E-state index contributed by atoms with van der Waals surface area (Å²) in [5.74, 6) is -0.212. The molecule has 1 unspecified atom stereocenters. The number of halogens is 1. The molecule has 0 spiro atoms. The highest BCUT2D eigenvalue weighted by Crippen LogP contribution is 2.13. The van der Waals surface area contributed by atoms with Crippen LogP contribution in [0.4, 0.5) is 4.39 Å². The normalized spacial score (nSPS) is 12.2. The van der Waals surface area contributed by atoms with E-state index in [4.69, 9.17) is 10.2 Å². The van der Waals surface area contributed by atoms with Gasteiger partial charge in [0.1, 0.15) is 12.1 Å². The third kappa shape index (κ3) is 3.42. The van der Waals surface area contributed by atoms with E-state index in [1.165, 1.54) is 18.4 Å². The van der Waals surface area contributed by atoms with Gasteiger partial charge in [0.05, 0.1) is 6.04 Å². The minimum atomic E-state index is -0.339. The maximum Gasteiger partial charge on any atom is 0.273 e. The van der Waals surface area contributed by atoms with Crippen molar-refractivity contribution in [2.75, 3.05) is 6.54 Å². The number of nitrogens with two attached hydrogens (primary N) is 1. The highest BCUT2D eigenvalue weighted by atomic mass is 19.1. The Morgan fingerprint density at radius 2 is 2.15 bits per heavy atom. The second-order valence-corrected chi connectivity index (χ2v) is 4.41. The maximum absolute atomic E-state index is 12.8. The predicted molar refractivity (Wildman–Crippen MR) is 71.5 cm³/mol. The average Bonchev–Trinajstić information content (AvgIpc) is 2.88. The number of aromatic nitrogens is 1. The predicted octanol–water partition coefficient (Wildman–Crippen LogP) is 1.81. The molecule has 1 aromatic carbocycles. The second kappa shape index (κ2) is 6.29. The van der Waals surface area contributed by atoms with Crippen LogP contribution in [-0.4, -0.2) is 17.4 Å². The Kier molecular flexibility index (Phi) is 4.47. The molecule has 20 heavy (non-hydrogen) atoms. The van der Waals surface area contributed by atoms with Crippen LogP contribution in [0.5, 0.6) is 0 Å². The zero-order valence-electron chi connectivity index (χ0n) is 11.1. The Morgan fingerprint density at radius 3 is 2.80 bits per heavy atom. The number of carbonyl (C=O) groups excluding carboxylic acids is 1. The lowest BCUT2D eigenvalue weighted by molar-refractivity contribution is 0.0935. The maximum atomic E-state index is 12.8. The molecule has 5 nitrogen and oxygen atoms in total. The first kappa shape index (κ1) is 14.2. The molecular formula is C14H16FN3O2. The zero-order valence-corrected chi connectivity index (χ0v) is 11.1. The van der Waals surface area contributed by atoms with Crippen LogP contribution < -0.4 is 11.1 Å². The average molecular weight is 277 g/mol. The number of carbonyl (C=O) groups is 1. The molecule has 0 fully saturated rings. The first-order valence-electron chi connectivity index (χ1n) is 6.31. The van der Waals surface area contributed by atoms with Crippen LogP contribution in [0, 0.1) is 5.82 Å². The lowest BCUT2D eigenvalue weighted by atomic mass is 10.1. The monoisotopic (exact) mass is 277 g/mol. The molecule has 0 radical (unpaired) electrons. The van der Waals surface area contributed by atoms with Gasteiger partial charge < -0.3 is 15.5 Å². The number of nitrogens with one attached hydrogen (secondary N) is 1. The summed E-state index contributed by atoms with van der Waals surface area (Å²) in [6, 6.07) is 5.71. The van der Waals surface area contributed by atoms with Crippen LogP contribution in [0.1, 0.15) is 34.9 Å². The van der Waals surface area contributed by atoms with Crippen molar-refractivity contribution in [1.29, 1.82) is 0 Å². The quantitative estimate of drug-likeness (QED) is 0.873. The van der Waals surface area contributed by atoms with E-state index >= 15 is 0 Å². The second-order valence-electron chi connectivity index (χ2n) is 4.41. The Balaban J connectivity index is 2.01. The fourth-order valence-corrected chi connectivity index (χ4v) is 1.76. The highest BCUT2D eigenvalue weighted by Gasteiger charge is 2.15. The van der Waals surface area contributed by atoms with Crippen LogP contribution in [0.25, 0.3) is 0 Å². The lowest BCUT2D eigenvalue weighted by Crippen LogP contribution is -2.27. The summed E-state index contributed by atoms with van der Waals surface area (Å²) >= 11 is 0. The molecule has 6 heteroatoms.